The first kappa shape index (κ1) is 20.5. The molecule has 3 amide bonds. The second kappa shape index (κ2) is 8.52. The molecule has 156 valence electrons. The largest absolute Gasteiger partial charge is 0.340 e. The number of nitrogens with zero attached hydrogens (tertiary/aromatic N) is 1. The average Bonchev–Trinajstić information content (AvgIpc) is 2.72. The Hall–Kier alpha value is -2.80. The number of likely N-dealkylation sites (tertiary alicyclic amines) is 1. The number of thioether (sulfide) groups is 1. The van der Waals surface area contributed by atoms with Crippen LogP contribution in [0.1, 0.15) is 24.0 Å². The molecular formula is C23H25N3O3S. The normalized spacial score (nSPS) is 20.9. The zero-order valence-electron chi connectivity index (χ0n) is 17.1. The van der Waals surface area contributed by atoms with Gasteiger partial charge >= 0.3 is 0 Å². The van der Waals surface area contributed by atoms with E-state index in [0.717, 1.165) is 40.2 Å². The summed E-state index contributed by atoms with van der Waals surface area (Å²) in [6, 6.07) is 13.4. The number of fused-ring (bicyclic) bond motifs is 1. The molecule has 7 heteroatoms. The smallest absolute Gasteiger partial charge is 0.247 e. The summed E-state index contributed by atoms with van der Waals surface area (Å²) >= 11 is 1.28. The molecule has 30 heavy (non-hydrogen) atoms. The van der Waals surface area contributed by atoms with Crippen molar-refractivity contribution >= 4 is 40.9 Å². The summed E-state index contributed by atoms with van der Waals surface area (Å²) in [6.45, 7) is 4.89. The van der Waals surface area contributed by atoms with E-state index in [1.165, 1.54) is 11.8 Å². The number of amides is 3. The molecule has 2 aromatic rings. The Kier molecular flexibility index (Phi) is 5.81. The number of carbonyl (C=O) groups excluding carboxylic acids is 3. The van der Waals surface area contributed by atoms with Gasteiger partial charge < -0.3 is 15.5 Å². The van der Waals surface area contributed by atoms with Crippen LogP contribution in [-0.4, -0.2) is 41.0 Å². The minimum absolute atomic E-state index is 0.0800. The number of carbonyl (C=O) groups is 3. The van der Waals surface area contributed by atoms with Gasteiger partial charge in [-0.05, 0) is 62.1 Å². The molecule has 0 aromatic heterocycles. The van der Waals surface area contributed by atoms with Crippen molar-refractivity contribution in [1.29, 1.82) is 0 Å². The summed E-state index contributed by atoms with van der Waals surface area (Å²) in [5, 5.41) is 4.99. The third-order valence-corrected chi connectivity index (χ3v) is 6.71. The first-order valence-electron chi connectivity index (χ1n) is 10.2. The Bertz CT molecular complexity index is 987. The van der Waals surface area contributed by atoms with E-state index in [9.17, 15) is 14.4 Å². The molecule has 2 atom stereocenters. The number of nitrogens with one attached hydrogen (secondary N) is 2. The molecule has 0 bridgehead atoms. The highest BCUT2D eigenvalue weighted by Gasteiger charge is 2.38. The fourth-order valence-corrected chi connectivity index (χ4v) is 5.14. The molecule has 0 saturated carbocycles. The van der Waals surface area contributed by atoms with Gasteiger partial charge in [-0.15, -0.1) is 11.8 Å². The summed E-state index contributed by atoms with van der Waals surface area (Å²) in [4.78, 5) is 41.0. The molecule has 2 aliphatic heterocycles. The fourth-order valence-electron chi connectivity index (χ4n) is 4.06. The maximum Gasteiger partial charge on any atom is 0.247 e. The lowest BCUT2D eigenvalue weighted by Crippen LogP contribution is -2.50. The molecule has 2 aliphatic rings. The van der Waals surface area contributed by atoms with Crippen molar-refractivity contribution in [3.8, 4) is 0 Å². The lowest BCUT2D eigenvalue weighted by atomic mass is 9.96. The van der Waals surface area contributed by atoms with Crippen molar-refractivity contribution in [3.63, 3.8) is 0 Å². The van der Waals surface area contributed by atoms with Gasteiger partial charge in [0.25, 0.3) is 0 Å². The van der Waals surface area contributed by atoms with E-state index in [2.05, 4.69) is 16.7 Å². The second-order valence-corrected chi connectivity index (χ2v) is 9.12. The Morgan fingerprint density at radius 2 is 1.87 bits per heavy atom. The van der Waals surface area contributed by atoms with Gasteiger partial charge in [-0.1, -0.05) is 18.2 Å². The third kappa shape index (κ3) is 4.36. The minimum atomic E-state index is -0.818. The summed E-state index contributed by atoms with van der Waals surface area (Å²) < 4.78 is 0. The number of para-hydroxylation sites is 1. The number of hydrogen-bond acceptors (Lipinski definition) is 4. The van der Waals surface area contributed by atoms with Crippen LogP contribution in [0.25, 0.3) is 0 Å². The molecule has 0 spiro atoms. The molecule has 4 rings (SSSR count). The van der Waals surface area contributed by atoms with E-state index in [0.29, 0.717) is 13.1 Å². The van der Waals surface area contributed by atoms with Crippen LogP contribution in [0.2, 0.25) is 0 Å². The van der Waals surface area contributed by atoms with Crippen LogP contribution >= 0.6 is 11.8 Å². The van der Waals surface area contributed by atoms with Crippen molar-refractivity contribution in [1.82, 2.24) is 4.90 Å². The first-order chi connectivity index (χ1) is 14.4. The van der Waals surface area contributed by atoms with Crippen LogP contribution in [-0.2, 0) is 14.4 Å². The van der Waals surface area contributed by atoms with E-state index in [-0.39, 0.29) is 23.6 Å². The van der Waals surface area contributed by atoms with Gasteiger partial charge in [0.2, 0.25) is 17.7 Å². The zero-order chi connectivity index (χ0) is 21.3. The van der Waals surface area contributed by atoms with E-state index >= 15 is 0 Å². The fraction of sp³-hybridized carbons (Fsp3) is 0.348. The van der Waals surface area contributed by atoms with Crippen LogP contribution in [0.3, 0.4) is 0 Å². The number of aryl methyl sites for hydroxylation is 2. The molecule has 2 heterocycles. The molecule has 2 unspecified atom stereocenters. The van der Waals surface area contributed by atoms with Gasteiger partial charge in [0.05, 0.1) is 11.6 Å². The van der Waals surface area contributed by atoms with E-state index in [1.807, 2.05) is 50.2 Å². The Balaban J connectivity index is 1.42. The van der Waals surface area contributed by atoms with Gasteiger partial charge in [-0.3, -0.25) is 14.4 Å². The Morgan fingerprint density at radius 1 is 1.13 bits per heavy atom. The highest BCUT2D eigenvalue weighted by atomic mass is 32.2. The van der Waals surface area contributed by atoms with Crippen LogP contribution in [0.5, 0.6) is 0 Å². The molecule has 2 aromatic carbocycles. The predicted molar refractivity (Wildman–Crippen MR) is 119 cm³/mol. The maximum absolute atomic E-state index is 13.1. The topological polar surface area (TPSA) is 78.5 Å². The number of hydrogen-bond donors (Lipinski definition) is 2. The van der Waals surface area contributed by atoms with Gasteiger partial charge in [-0.25, -0.2) is 0 Å². The quantitative estimate of drug-likeness (QED) is 0.740. The van der Waals surface area contributed by atoms with E-state index < -0.39 is 5.25 Å². The van der Waals surface area contributed by atoms with Crippen LogP contribution in [0.15, 0.2) is 47.4 Å². The number of benzene rings is 2. The highest BCUT2D eigenvalue weighted by Crippen LogP contribution is 2.36. The number of piperidine rings is 1. The molecule has 0 radical (unpaired) electrons. The van der Waals surface area contributed by atoms with E-state index in [4.69, 9.17) is 0 Å². The molecule has 2 N–H and O–H groups in total. The summed E-state index contributed by atoms with van der Waals surface area (Å²) in [5.74, 6) is -0.891. The van der Waals surface area contributed by atoms with Crippen LogP contribution in [0.4, 0.5) is 11.4 Å². The Morgan fingerprint density at radius 3 is 2.63 bits per heavy atom. The summed E-state index contributed by atoms with van der Waals surface area (Å²) in [6.07, 6.45) is 1.47. The Labute approximate surface area is 180 Å². The van der Waals surface area contributed by atoms with Crippen LogP contribution < -0.4 is 10.6 Å². The molecule has 1 fully saturated rings. The first-order valence-corrected chi connectivity index (χ1v) is 11.0. The molecule has 6 nitrogen and oxygen atoms in total. The summed E-state index contributed by atoms with van der Waals surface area (Å²) in [7, 11) is 0. The van der Waals surface area contributed by atoms with E-state index in [1.54, 1.807) is 4.90 Å². The molecular weight excluding hydrogens is 398 g/mol. The third-order valence-electron chi connectivity index (χ3n) is 5.45. The molecule has 0 aliphatic carbocycles. The minimum Gasteiger partial charge on any atom is -0.340 e. The van der Waals surface area contributed by atoms with Gasteiger partial charge in [0.1, 0.15) is 0 Å². The average molecular weight is 424 g/mol. The molecule has 1 saturated heterocycles. The maximum atomic E-state index is 13.1. The SMILES string of the molecule is Cc1cc(C)cc(NC(=O)C2CCCN(C(=O)C3Sc4ccccc4NC3=O)C2)c1. The summed E-state index contributed by atoms with van der Waals surface area (Å²) in [5.41, 5.74) is 3.69. The van der Waals surface area contributed by atoms with Crippen molar-refractivity contribution < 1.29 is 14.4 Å². The van der Waals surface area contributed by atoms with Crippen molar-refractivity contribution in [3.05, 3.63) is 53.6 Å². The van der Waals surface area contributed by atoms with Crippen molar-refractivity contribution in [2.75, 3.05) is 23.7 Å². The second-order valence-electron chi connectivity index (χ2n) is 7.97. The highest BCUT2D eigenvalue weighted by molar-refractivity contribution is 8.01. The zero-order valence-corrected chi connectivity index (χ0v) is 17.9. The van der Waals surface area contributed by atoms with Gasteiger partial charge in [0, 0.05) is 23.7 Å². The van der Waals surface area contributed by atoms with Gasteiger partial charge in [0.15, 0.2) is 5.25 Å². The van der Waals surface area contributed by atoms with Crippen molar-refractivity contribution in [2.45, 2.75) is 36.8 Å². The number of rotatable bonds is 3. The lowest BCUT2D eigenvalue weighted by Gasteiger charge is -2.35. The number of anilines is 2. The lowest BCUT2D eigenvalue weighted by molar-refractivity contribution is -0.136. The van der Waals surface area contributed by atoms with Crippen molar-refractivity contribution in [2.24, 2.45) is 5.92 Å². The monoisotopic (exact) mass is 423 g/mol. The predicted octanol–water partition coefficient (Wildman–Crippen LogP) is 3.59. The standard InChI is InChI=1S/C23H25N3O3S/c1-14-10-15(2)12-17(11-14)24-21(27)16-6-5-9-26(13-16)23(29)20-22(28)25-18-7-3-4-8-19(18)30-20/h3-4,7-8,10-12,16,20H,5-6,9,13H2,1-2H3,(H,24,27)(H,25,28). The van der Waals surface area contributed by atoms with Crippen LogP contribution in [0, 0.1) is 19.8 Å². The van der Waals surface area contributed by atoms with Gasteiger partial charge in [-0.2, -0.15) is 0 Å².